The number of primary sulfonamides is 1. The number of hydrogen-bond acceptors (Lipinski definition) is 7. The molecule has 0 radical (unpaired) electrons. The van der Waals surface area contributed by atoms with E-state index in [1.165, 1.54) is 42.5 Å². The van der Waals surface area contributed by atoms with Crippen LogP contribution in [0.25, 0.3) is 10.9 Å². The summed E-state index contributed by atoms with van der Waals surface area (Å²) in [5, 5.41) is 5.90. The van der Waals surface area contributed by atoms with E-state index in [-0.39, 0.29) is 33.6 Å². The number of ether oxygens (including phenoxy) is 2. The third-order valence-corrected chi connectivity index (χ3v) is 5.52. The van der Waals surface area contributed by atoms with Crippen molar-refractivity contribution in [2.75, 3.05) is 6.61 Å². The number of halogens is 3. The second kappa shape index (κ2) is 10.2. The minimum atomic E-state index is -4.45. The quantitative estimate of drug-likeness (QED) is 0.315. The molecular weight excluding hydrogens is 497 g/mol. The van der Waals surface area contributed by atoms with E-state index in [0.717, 1.165) is 5.39 Å². The summed E-state index contributed by atoms with van der Waals surface area (Å²) in [5.41, 5.74) is 1.14. The molecule has 0 atom stereocenters. The molecule has 2 N–H and O–H groups in total. The molecule has 0 amide bonds. The Balaban J connectivity index is 1.63. The third-order valence-electron chi connectivity index (χ3n) is 4.61. The topological polar surface area (TPSA) is 116 Å². The minimum absolute atomic E-state index is 0.0262. The van der Waals surface area contributed by atoms with Gasteiger partial charge in [-0.1, -0.05) is 24.3 Å². The first kappa shape index (κ1) is 24.9. The Labute approximate surface area is 203 Å². The van der Waals surface area contributed by atoms with Gasteiger partial charge in [0, 0.05) is 5.39 Å². The SMILES string of the molecule is NS(=O)(=O)c1cccc(N=C=Nc2cc3ccccc3nc2Oc2ccc(OCC(F)(F)F)cc2)c1. The predicted molar refractivity (Wildman–Crippen MR) is 127 cm³/mol. The van der Waals surface area contributed by atoms with Crippen molar-refractivity contribution in [2.45, 2.75) is 11.1 Å². The van der Waals surface area contributed by atoms with Gasteiger partial charge in [0.25, 0.3) is 0 Å². The molecule has 36 heavy (non-hydrogen) atoms. The largest absolute Gasteiger partial charge is 0.484 e. The molecule has 4 aromatic rings. The Morgan fingerprint density at radius 1 is 0.917 bits per heavy atom. The molecule has 1 heterocycles. The molecule has 0 aliphatic carbocycles. The van der Waals surface area contributed by atoms with Crippen LogP contribution in [-0.4, -0.2) is 32.2 Å². The highest BCUT2D eigenvalue weighted by Gasteiger charge is 2.28. The highest BCUT2D eigenvalue weighted by Crippen LogP contribution is 2.33. The van der Waals surface area contributed by atoms with Gasteiger partial charge >= 0.3 is 6.18 Å². The van der Waals surface area contributed by atoms with Crippen molar-refractivity contribution in [3.8, 4) is 17.4 Å². The summed E-state index contributed by atoms with van der Waals surface area (Å²) in [5.74, 6) is 0.406. The summed E-state index contributed by atoms with van der Waals surface area (Å²) in [6.45, 7) is -1.41. The highest BCUT2D eigenvalue weighted by atomic mass is 32.2. The number of aliphatic imine (C=N–C) groups is 2. The van der Waals surface area contributed by atoms with Gasteiger partial charge < -0.3 is 9.47 Å². The molecule has 0 bridgehead atoms. The molecule has 0 saturated heterocycles. The Morgan fingerprint density at radius 3 is 2.36 bits per heavy atom. The zero-order chi connectivity index (χ0) is 25.8. The maximum atomic E-state index is 12.3. The number of fused-ring (bicyclic) bond motifs is 1. The first-order valence-electron chi connectivity index (χ1n) is 10.2. The van der Waals surface area contributed by atoms with Crippen LogP contribution in [0.4, 0.5) is 24.5 Å². The average Bonchev–Trinajstić information content (AvgIpc) is 2.83. The van der Waals surface area contributed by atoms with E-state index in [4.69, 9.17) is 14.6 Å². The molecule has 0 fully saturated rings. The fourth-order valence-corrected chi connectivity index (χ4v) is 3.54. The Bertz CT molecular complexity index is 1570. The van der Waals surface area contributed by atoms with E-state index in [1.807, 2.05) is 12.1 Å². The lowest BCUT2D eigenvalue weighted by molar-refractivity contribution is -0.153. The van der Waals surface area contributed by atoms with Gasteiger partial charge in [-0.15, -0.1) is 0 Å². The number of nitrogens with two attached hydrogens (primary N) is 1. The molecule has 3 aromatic carbocycles. The zero-order valence-corrected chi connectivity index (χ0v) is 19.1. The number of para-hydroxylation sites is 1. The molecule has 8 nitrogen and oxygen atoms in total. The number of aromatic nitrogens is 1. The molecule has 1 aromatic heterocycles. The lowest BCUT2D eigenvalue weighted by Crippen LogP contribution is -2.19. The monoisotopic (exact) mass is 514 g/mol. The molecule has 184 valence electrons. The van der Waals surface area contributed by atoms with Gasteiger partial charge in [-0.25, -0.2) is 18.5 Å². The highest BCUT2D eigenvalue weighted by molar-refractivity contribution is 7.89. The first-order chi connectivity index (χ1) is 17.1. The summed E-state index contributed by atoms with van der Waals surface area (Å²) in [4.78, 5) is 12.6. The van der Waals surface area contributed by atoms with Crippen LogP contribution in [0.15, 0.2) is 93.7 Å². The summed E-state index contributed by atoms with van der Waals surface area (Å²) < 4.78 is 70.6. The molecule has 4 rings (SSSR count). The smallest absolute Gasteiger partial charge is 0.422 e. The van der Waals surface area contributed by atoms with Crippen LogP contribution >= 0.6 is 0 Å². The van der Waals surface area contributed by atoms with Crippen molar-refractivity contribution in [3.05, 3.63) is 78.9 Å². The van der Waals surface area contributed by atoms with Crippen molar-refractivity contribution in [2.24, 2.45) is 15.1 Å². The van der Waals surface area contributed by atoms with Crippen LogP contribution in [0, 0.1) is 0 Å². The summed E-state index contributed by atoms with van der Waals surface area (Å²) in [6.07, 6.45) is -4.45. The van der Waals surface area contributed by atoms with Gasteiger partial charge in [0.1, 0.15) is 23.2 Å². The van der Waals surface area contributed by atoms with Crippen molar-refractivity contribution in [1.29, 1.82) is 0 Å². The van der Waals surface area contributed by atoms with E-state index >= 15 is 0 Å². The Kier molecular flexibility index (Phi) is 7.02. The fraction of sp³-hybridized carbons (Fsp3) is 0.0833. The molecular formula is C24H17F3N4O4S. The standard InChI is InChI=1S/C24H17F3N4O4S/c25-24(26,27)14-34-18-8-10-19(11-9-18)35-23-22(12-16-4-1-2-7-21(16)31-23)30-15-29-17-5-3-6-20(13-17)36(28,32)33/h1-13H,14H2,(H2,28,32,33). The Hall–Kier alpha value is -4.25. The van der Waals surface area contributed by atoms with Crippen LogP contribution < -0.4 is 14.6 Å². The lowest BCUT2D eigenvalue weighted by Gasteiger charge is -2.11. The van der Waals surface area contributed by atoms with Crippen LogP contribution in [-0.2, 0) is 10.0 Å². The van der Waals surface area contributed by atoms with Crippen molar-refractivity contribution >= 4 is 38.3 Å². The molecule has 0 spiro atoms. The number of nitrogens with zero attached hydrogens (tertiary/aromatic N) is 3. The second-order valence-electron chi connectivity index (χ2n) is 7.35. The molecule has 0 unspecified atom stereocenters. The minimum Gasteiger partial charge on any atom is -0.484 e. The van der Waals surface area contributed by atoms with E-state index in [1.54, 1.807) is 24.3 Å². The molecule has 0 aliphatic heterocycles. The third kappa shape index (κ3) is 6.66. The zero-order valence-electron chi connectivity index (χ0n) is 18.3. The van der Waals surface area contributed by atoms with Gasteiger partial charge in [-0.3, -0.25) is 0 Å². The second-order valence-corrected chi connectivity index (χ2v) is 8.91. The van der Waals surface area contributed by atoms with Crippen LogP contribution in [0.5, 0.6) is 17.4 Å². The number of hydrogen-bond donors (Lipinski definition) is 1. The summed E-state index contributed by atoms with van der Waals surface area (Å²) in [6, 6.07) is 22.6. The maximum absolute atomic E-state index is 12.3. The number of pyridine rings is 1. The van der Waals surface area contributed by atoms with Crippen molar-refractivity contribution in [3.63, 3.8) is 0 Å². The van der Waals surface area contributed by atoms with Crippen molar-refractivity contribution in [1.82, 2.24) is 4.98 Å². The van der Waals surface area contributed by atoms with E-state index in [9.17, 15) is 21.6 Å². The first-order valence-corrected chi connectivity index (χ1v) is 11.8. The van der Waals surface area contributed by atoms with Gasteiger partial charge in [0.2, 0.25) is 15.9 Å². The average molecular weight is 514 g/mol. The maximum Gasteiger partial charge on any atom is 0.422 e. The molecule has 0 aliphatic rings. The summed E-state index contributed by atoms with van der Waals surface area (Å²) in [7, 11) is -3.90. The van der Waals surface area contributed by atoms with Crippen molar-refractivity contribution < 1.29 is 31.1 Å². The van der Waals surface area contributed by atoms with E-state index in [2.05, 4.69) is 21.0 Å². The Morgan fingerprint density at radius 2 is 1.64 bits per heavy atom. The van der Waals surface area contributed by atoms with E-state index < -0.39 is 22.8 Å². The van der Waals surface area contributed by atoms with Crippen LogP contribution in [0.1, 0.15) is 0 Å². The van der Waals surface area contributed by atoms with Gasteiger partial charge in [0.15, 0.2) is 6.61 Å². The number of benzene rings is 3. The van der Waals surface area contributed by atoms with Crippen LogP contribution in [0.3, 0.4) is 0 Å². The number of rotatable bonds is 7. The van der Waals surface area contributed by atoms with E-state index in [0.29, 0.717) is 5.52 Å². The lowest BCUT2D eigenvalue weighted by atomic mass is 10.2. The molecule has 12 heteroatoms. The predicted octanol–water partition coefficient (Wildman–Crippen LogP) is 5.75. The molecule has 0 saturated carbocycles. The van der Waals surface area contributed by atoms with Gasteiger partial charge in [0.05, 0.1) is 16.1 Å². The number of alkyl halides is 3. The van der Waals surface area contributed by atoms with Gasteiger partial charge in [-0.2, -0.15) is 23.2 Å². The van der Waals surface area contributed by atoms with Crippen LogP contribution in [0.2, 0.25) is 0 Å². The normalized spacial score (nSPS) is 11.6. The van der Waals surface area contributed by atoms with Gasteiger partial charge in [-0.05, 0) is 54.6 Å². The number of sulfonamides is 1. The summed E-state index contributed by atoms with van der Waals surface area (Å²) >= 11 is 0. The fourth-order valence-electron chi connectivity index (χ4n) is 2.99.